The van der Waals surface area contributed by atoms with Gasteiger partial charge in [0.05, 0.1) is 0 Å². The molecular formula is C6H11Cl2OP. The Kier molecular flexibility index (Phi) is 4.68. The highest BCUT2D eigenvalue weighted by atomic mass is 35.9. The topological polar surface area (TPSA) is 17.1 Å². The highest BCUT2D eigenvalue weighted by molar-refractivity contribution is 8.08. The molecule has 0 aromatic heterocycles. The maximum atomic E-state index is 10.7. The Labute approximate surface area is 71.4 Å². The quantitative estimate of drug-likeness (QED) is 0.497. The summed E-state index contributed by atoms with van der Waals surface area (Å²) >= 11 is 10.6. The molecule has 0 bridgehead atoms. The Bertz CT molecular complexity index is 167. The van der Waals surface area contributed by atoms with Gasteiger partial charge in [-0.05, 0) is 42.7 Å². The summed E-state index contributed by atoms with van der Waals surface area (Å²) in [5.41, 5.74) is 1.20. The SMILES string of the molecule is CC(C)=CCCP(=O)(Cl)Cl. The Morgan fingerprint density at radius 2 is 2.00 bits per heavy atom. The zero-order valence-electron chi connectivity index (χ0n) is 6.10. The van der Waals surface area contributed by atoms with E-state index in [0.29, 0.717) is 12.6 Å². The minimum atomic E-state index is -2.82. The predicted molar refractivity (Wildman–Crippen MR) is 48.2 cm³/mol. The van der Waals surface area contributed by atoms with Gasteiger partial charge in [0.1, 0.15) is 0 Å². The fraction of sp³-hybridized carbons (Fsp3) is 0.667. The van der Waals surface area contributed by atoms with E-state index in [1.54, 1.807) is 0 Å². The Balaban J connectivity index is 3.58. The summed E-state index contributed by atoms with van der Waals surface area (Å²) in [7, 11) is 0. The molecule has 0 aliphatic rings. The molecule has 0 unspecified atom stereocenters. The third-order valence-electron chi connectivity index (χ3n) is 0.942. The number of hydrogen-bond acceptors (Lipinski definition) is 1. The van der Waals surface area contributed by atoms with Crippen LogP contribution in [0.15, 0.2) is 11.6 Å². The second-order valence-corrected chi connectivity index (χ2v) is 7.75. The summed E-state index contributed by atoms with van der Waals surface area (Å²) in [6.45, 7) is 3.96. The number of allylic oxidation sites excluding steroid dienone is 2. The zero-order valence-corrected chi connectivity index (χ0v) is 8.51. The van der Waals surface area contributed by atoms with Gasteiger partial charge in [-0.1, -0.05) is 11.6 Å². The molecule has 60 valence electrons. The van der Waals surface area contributed by atoms with Gasteiger partial charge in [0.2, 0.25) is 0 Å². The summed E-state index contributed by atoms with van der Waals surface area (Å²) in [5.74, 6) is -2.82. The van der Waals surface area contributed by atoms with Crippen molar-refractivity contribution in [2.75, 3.05) is 6.16 Å². The molecule has 0 rings (SSSR count). The molecule has 1 nitrogen and oxygen atoms in total. The summed E-state index contributed by atoms with van der Waals surface area (Å²) < 4.78 is 10.7. The first-order chi connectivity index (χ1) is 4.42. The molecule has 0 saturated carbocycles. The van der Waals surface area contributed by atoms with E-state index in [1.165, 1.54) is 5.57 Å². The maximum Gasteiger partial charge on any atom is 0.253 e. The molecule has 0 aromatic rings. The van der Waals surface area contributed by atoms with E-state index >= 15 is 0 Å². The number of hydrogen-bond donors (Lipinski definition) is 0. The minimum Gasteiger partial charge on any atom is -0.289 e. The molecule has 0 heterocycles. The second kappa shape index (κ2) is 4.43. The number of halogens is 2. The van der Waals surface area contributed by atoms with Crippen molar-refractivity contribution in [3.05, 3.63) is 11.6 Å². The van der Waals surface area contributed by atoms with E-state index in [4.69, 9.17) is 22.5 Å². The van der Waals surface area contributed by atoms with Gasteiger partial charge in [-0.15, -0.1) is 0 Å². The van der Waals surface area contributed by atoms with Crippen LogP contribution in [-0.2, 0) is 4.57 Å². The molecule has 0 saturated heterocycles. The van der Waals surface area contributed by atoms with Gasteiger partial charge < -0.3 is 0 Å². The van der Waals surface area contributed by atoms with Gasteiger partial charge in [0.15, 0.2) is 0 Å². The molecule has 0 spiro atoms. The third kappa shape index (κ3) is 8.55. The van der Waals surface area contributed by atoms with Gasteiger partial charge in [-0.3, -0.25) is 4.57 Å². The van der Waals surface area contributed by atoms with Crippen LogP contribution in [0.2, 0.25) is 0 Å². The largest absolute Gasteiger partial charge is 0.289 e. The average Bonchev–Trinajstić information content (AvgIpc) is 1.59. The fourth-order valence-electron chi connectivity index (χ4n) is 0.504. The lowest BCUT2D eigenvalue weighted by Crippen LogP contribution is -1.75. The molecule has 0 radical (unpaired) electrons. The first-order valence-corrected chi connectivity index (χ1v) is 6.74. The van der Waals surface area contributed by atoms with Crippen LogP contribution in [-0.4, -0.2) is 6.16 Å². The van der Waals surface area contributed by atoms with E-state index in [0.717, 1.165) is 0 Å². The van der Waals surface area contributed by atoms with Crippen LogP contribution in [0.25, 0.3) is 0 Å². The molecule has 0 aliphatic heterocycles. The summed E-state index contributed by atoms with van der Waals surface area (Å²) in [6, 6.07) is 0. The van der Waals surface area contributed by atoms with E-state index in [9.17, 15) is 4.57 Å². The molecular weight excluding hydrogens is 190 g/mol. The lowest BCUT2D eigenvalue weighted by molar-refractivity contribution is 0.592. The monoisotopic (exact) mass is 200 g/mol. The van der Waals surface area contributed by atoms with Gasteiger partial charge in [0.25, 0.3) is 5.85 Å². The highest BCUT2D eigenvalue weighted by Gasteiger charge is 2.10. The predicted octanol–water partition coefficient (Wildman–Crippen LogP) is 4.01. The molecule has 0 atom stereocenters. The van der Waals surface area contributed by atoms with Gasteiger partial charge >= 0.3 is 0 Å². The minimum absolute atomic E-state index is 0.376. The maximum absolute atomic E-state index is 10.7. The molecule has 0 aromatic carbocycles. The fourth-order valence-corrected chi connectivity index (χ4v) is 1.52. The molecule has 10 heavy (non-hydrogen) atoms. The van der Waals surface area contributed by atoms with E-state index in [-0.39, 0.29) is 0 Å². The molecule has 0 N–H and O–H groups in total. The average molecular weight is 201 g/mol. The lowest BCUT2D eigenvalue weighted by atomic mass is 10.3. The van der Waals surface area contributed by atoms with Crippen molar-refractivity contribution in [3.63, 3.8) is 0 Å². The van der Waals surface area contributed by atoms with Crippen LogP contribution >= 0.6 is 28.3 Å². The summed E-state index contributed by atoms with van der Waals surface area (Å²) in [5, 5.41) is 0. The third-order valence-corrected chi connectivity index (χ3v) is 2.74. The van der Waals surface area contributed by atoms with Gasteiger partial charge in [0, 0.05) is 6.16 Å². The normalized spacial score (nSPS) is 11.2. The van der Waals surface area contributed by atoms with Crippen LogP contribution in [0.1, 0.15) is 20.3 Å². The van der Waals surface area contributed by atoms with E-state index in [2.05, 4.69) is 0 Å². The molecule has 0 aliphatic carbocycles. The van der Waals surface area contributed by atoms with Crippen LogP contribution in [0.4, 0.5) is 0 Å². The van der Waals surface area contributed by atoms with Crippen molar-refractivity contribution in [1.29, 1.82) is 0 Å². The van der Waals surface area contributed by atoms with Crippen LogP contribution in [0, 0.1) is 0 Å². The lowest BCUT2D eigenvalue weighted by Gasteiger charge is -1.96. The van der Waals surface area contributed by atoms with Crippen molar-refractivity contribution in [2.24, 2.45) is 0 Å². The first-order valence-electron chi connectivity index (χ1n) is 3.03. The smallest absolute Gasteiger partial charge is 0.253 e. The molecule has 0 fully saturated rings. The first kappa shape index (κ1) is 10.6. The van der Waals surface area contributed by atoms with Gasteiger partial charge in [-0.25, -0.2) is 0 Å². The van der Waals surface area contributed by atoms with Crippen molar-refractivity contribution in [1.82, 2.24) is 0 Å². The van der Waals surface area contributed by atoms with Crippen molar-refractivity contribution in [3.8, 4) is 0 Å². The number of rotatable bonds is 3. The van der Waals surface area contributed by atoms with Crippen LogP contribution < -0.4 is 0 Å². The summed E-state index contributed by atoms with van der Waals surface area (Å²) in [6.07, 6.45) is 3.05. The Hall–Kier alpha value is 0.550. The van der Waals surface area contributed by atoms with Crippen LogP contribution in [0.5, 0.6) is 0 Å². The standard InChI is InChI=1S/C6H11Cl2OP/c1-6(2)4-3-5-10(7,8)9/h4H,3,5H2,1-2H3. The van der Waals surface area contributed by atoms with E-state index < -0.39 is 5.85 Å². The molecule has 4 heteroatoms. The second-order valence-electron chi connectivity index (χ2n) is 2.36. The highest BCUT2D eigenvalue weighted by Crippen LogP contribution is 2.56. The zero-order chi connectivity index (χ0) is 8.20. The van der Waals surface area contributed by atoms with Gasteiger partial charge in [-0.2, -0.15) is 0 Å². The molecule has 0 amide bonds. The van der Waals surface area contributed by atoms with E-state index in [1.807, 2.05) is 19.9 Å². The summed E-state index contributed by atoms with van der Waals surface area (Å²) in [4.78, 5) is 0. The Morgan fingerprint density at radius 3 is 2.30 bits per heavy atom. The van der Waals surface area contributed by atoms with Crippen LogP contribution in [0.3, 0.4) is 0 Å². The van der Waals surface area contributed by atoms with Crippen molar-refractivity contribution in [2.45, 2.75) is 20.3 Å². The van der Waals surface area contributed by atoms with Crippen molar-refractivity contribution >= 4 is 28.3 Å². The van der Waals surface area contributed by atoms with Crippen molar-refractivity contribution < 1.29 is 4.57 Å². The Morgan fingerprint density at radius 1 is 1.50 bits per heavy atom.